The van der Waals surface area contributed by atoms with Crippen molar-refractivity contribution >= 4 is 33.6 Å². The van der Waals surface area contributed by atoms with E-state index in [4.69, 9.17) is 0 Å². The van der Waals surface area contributed by atoms with Gasteiger partial charge in [-0.15, -0.1) is 11.3 Å². The number of anilines is 2. The van der Waals surface area contributed by atoms with Crippen LogP contribution < -0.4 is 15.5 Å². The average molecular weight is 434 g/mol. The summed E-state index contributed by atoms with van der Waals surface area (Å²) in [5.74, 6) is -1.74. The summed E-state index contributed by atoms with van der Waals surface area (Å²) in [5.41, 5.74) is 0.773. The first kappa shape index (κ1) is 20.7. The molecule has 0 atom stereocenters. The molecule has 3 aromatic heterocycles. The minimum atomic E-state index is -0.604. The van der Waals surface area contributed by atoms with Crippen molar-refractivity contribution in [3.63, 3.8) is 0 Å². The number of imidazole rings is 1. The molecular formula is C21H25F2N5OS. The van der Waals surface area contributed by atoms with Gasteiger partial charge in [-0.3, -0.25) is 4.79 Å². The molecule has 4 heterocycles. The van der Waals surface area contributed by atoms with Crippen molar-refractivity contribution in [2.24, 2.45) is 0 Å². The number of halogens is 2. The number of amides is 1. The van der Waals surface area contributed by atoms with Crippen molar-refractivity contribution in [3.05, 3.63) is 46.7 Å². The van der Waals surface area contributed by atoms with E-state index in [1.165, 1.54) is 16.5 Å². The molecule has 0 unspecified atom stereocenters. The third-order valence-electron chi connectivity index (χ3n) is 4.93. The van der Waals surface area contributed by atoms with Crippen LogP contribution in [0.15, 0.2) is 24.5 Å². The van der Waals surface area contributed by atoms with Crippen molar-refractivity contribution in [1.29, 1.82) is 0 Å². The van der Waals surface area contributed by atoms with Gasteiger partial charge in [0.25, 0.3) is 5.91 Å². The second kappa shape index (κ2) is 7.02. The first-order valence-corrected chi connectivity index (χ1v) is 10.5. The molecule has 0 aromatic carbocycles. The van der Waals surface area contributed by atoms with E-state index in [9.17, 15) is 13.6 Å². The van der Waals surface area contributed by atoms with E-state index in [2.05, 4.69) is 48.2 Å². The molecule has 6 nitrogen and oxygen atoms in total. The Morgan fingerprint density at radius 2 is 1.80 bits per heavy atom. The van der Waals surface area contributed by atoms with Gasteiger partial charge >= 0.3 is 0 Å². The minimum absolute atomic E-state index is 0.0264. The summed E-state index contributed by atoms with van der Waals surface area (Å²) >= 11 is 1.11. The summed E-state index contributed by atoms with van der Waals surface area (Å²) in [6, 6.07) is 2.59. The molecule has 1 fully saturated rings. The third-order valence-corrected chi connectivity index (χ3v) is 6.10. The van der Waals surface area contributed by atoms with Gasteiger partial charge in [0, 0.05) is 48.7 Å². The van der Waals surface area contributed by atoms with Gasteiger partial charge in [0.15, 0.2) is 11.5 Å². The van der Waals surface area contributed by atoms with Gasteiger partial charge in [-0.2, -0.15) is 0 Å². The largest absolute Gasteiger partial charge is 0.360 e. The second-order valence-electron chi connectivity index (χ2n) is 9.15. The van der Waals surface area contributed by atoms with Gasteiger partial charge in [0.05, 0.1) is 16.4 Å². The number of aryl methyl sites for hydroxylation is 1. The van der Waals surface area contributed by atoms with E-state index < -0.39 is 17.5 Å². The number of nitrogens with zero attached hydrogens (tertiary/aromatic N) is 3. The number of rotatable bonds is 3. The fraction of sp³-hybridized carbons (Fsp3) is 0.429. The van der Waals surface area contributed by atoms with Crippen molar-refractivity contribution in [2.75, 3.05) is 23.3 Å². The summed E-state index contributed by atoms with van der Waals surface area (Å²) in [6.07, 6.45) is 3.22. The quantitative estimate of drug-likeness (QED) is 0.650. The Morgan fingerprint density at radius 3 is 2.47 bits per heavy atom. The lowest BCUT2D eigenvalue weighted by Gasteiger charge is -2.48. The van der Waals surface area contributed by atoms with Crippen molar-refractivity contribution < 1.29 is 13.6 Å². The second-order valence-corrected chi connectivity index (χ2v) is 10.2. The Morgan fingerprint density at radius 1 is 1.13 bits per heavy atom. The zero-order valence-corrected chi connectivity index (χ0v) is 18.5. The molecular weight excluding hydrogens is 408 g/mol. The summed E-state index contributed by atoms with van der Waals surface area (Å²) in [6.45, 7) is 11.5. The standard InChI is InChI=1S/C21H25F2N5OS/c1-12-8-27-9-13(6-15(23)18(27)24-12)25-19(29)17-14(22)7-16(30-17)28-10-20(2,3)26-21(4,5)11-28/h6-9,26H,10-11H2,1-5H3,(H,25,29). The number of aromatic nitrogens is 2. The van der Waals surface area contributed by atoms with Crippen molar-refractivity contribution in [2.45, 2.75) is 45.7 Å². The minimum Gasteiger partial charge on any atom is -0.360 e. The molecule has 0 bridgehead atoms. The number of thiophene rings is 1. The van der Waals surface area contributed by atoms with Crippen LogP contribution in [0.25, 0.3) is 5.65 Å². The van der Waals surface area contributed by atoms with Gasteiger partial charge in [-0.05, 0) is 34.6 Å². The predicted molar refractivity (Wildman–Crippen MR) is 116 cm³/mol. The van der Waals surface area contributed by atoms with E-state index in [1.54, 1.807) is 19.3 Å². The molecule has 0 aliphatic carbocycles. The smallest absolute Gasteiger partial charge is 0.268 e. The van der Waals surface area contributed by atoms with E-state index in [0.29, 0.717) is 23.8 Å². The van der Waals surface area contributed by atoms with E-state index >= 15 is 0 Å². The highest BCUT2D eigenvalue weighted by molar-refractivity contribution is 7.18. The van der Waals surface area contributed by atoms with Crippen molar-refractivity contribution in [1.82, 2.24) is 14.7 Å². The number of carbonyl (C=O) groups excluding carboxylic acids is 1. The molecule has 30 heavy (non-hydrogen) atoms. The van der Waals surface area contributed by atoms with Crippen LogP contribution in [0.3, 0.4) is 0 Å². The Kier molecular flexibility index (Phi) is 4.85. The van der Waals surface area contributed by atoms with Crippen LogP contribution in [0.1, 0.15) is 43.1 Å². The van der Waals surface area contributed by atoms with Crippen LogP contribution in [-0.4, -0.2) is 39.5 Å². The molecule has 0 spiro atoms. The van der Waals surface area contributed by atoms with Crippen LogP contribution in [0, 0.1) is 18.6 Å². The lowest BCUT2D eigenvalue weighted by molar-refractivity contribution is 0.102. The van der Waals surface area contributed by atoms with Crippen LogP contribution >= 0.6 is 11.3 Å². The number of pyridine rings is 1. The summed E-state index contributed by atoms with van der Waals surface area (Å²) < 4.78 is 30.4. The number of nitrogens with one attached hydrogen (secondary N) is 2. The van der Waals surface area contributed by atoms with Crippen molar-refractivity contribution in [3.8, 4) is 0 Å². The van der Waals surface area contributed by atoms with Gasteiger partial charge in [-0.1, -0.05) is 0 Å². The van der Waals surface area contributed by atoms with Crippen LogP contribution in [0.5, 0.6) is 0 Å². The summed E-state index contributed by atoms with van der Waals surface area (Å²) in [7, 11) is 0. The maximum absolute atomic E-state index is 14.7. The SMILES string of the molecule is Cc1cn2cc(NC(=O)c3sc(N4CC(C)(C)NC(C)(C)C4)cc3F)cc(F)c2n1. The third kappa shape index (κ3) is 4.04. The summed E-state index contributed by atoms with van der Waals surface area (Å²) in [5, 5.41) is 6.88. The Balaban J connectivity index is 1.58. The zero-order valence-electron chi connectivity index (χ0n) is 17.6. The Labute approximate surface area is 177 Å². The molecule has 1 amide bonds. The number of carbonyl (C=O) groups is 1. The zero-order chi connectivity index (χ0) is 21.8. The summed E-state index contributed by atoms with van der Waals surface area (Å²) in [4.78, 5) is 18.9. The first-order chi connectivity index (χ1) is 13.9. The predicted octanol–water partition coefficient (Wildman–Crippen LogP) is 4.20. The van der Waals surface area contributed by atoms with E-state index in [-0.39, 0.29) is 27.3 Å². The molecule has 4 rings (SSSR count). The first-order valence-electron chi connectivity index (χ1n) is 9.72. The lowest BCUT2D eigenvalue weighted by atomic mass is 9.92. The average Bonchev–Trinajstić information content (AvgIpc) is 3.14. The van der Waals surface area contributed by atoms with E-state index in [0.717, 1.165) is 11.3 Å². The van der Waals surface area contributed by atoms with Gasteiger partial charge in [0.2, 0.25) is 0 Å². The maximum atomic E-state index is 14.7. The molecule has 9 heteroatoms. The van der Waals surface area contributed by atoms with Gasteiger partial charge in [0.1, 0.15) is 10.7 Å². The highest BCUT2D eigenvalue weighted by Crippen LogP contribution is 2.34. The molecule has 2 N–H and O–H groups in total. The topological polar surface area (TPSA) is 61.7 Å². The molecule has 0 saturated carbocycles. The highest BCUT2D eigenvalue weighted by Gasteiger charge is 2.37. The molecule has 1 aliphatic heterocycles. The highest BCUT2D eigenvalue weighted by atomic mass is 32.1. The fourth-order valence-corrected chi connectivity index (χ4v) is 5.19. The molecule has 3 aromatic rings. The molecule has 0 radical (unpaired) electrons. The monoisotopic (exact) mass is 433 g/mol. The Bertz CT molecular complexity index is 1120. The van der Waals surface area contributed by atoms with Gasteiger partial charge < -0.3 is 19.9 Å². The normalized spacial score (nSPS) is 18.0. The molecule has 1 aliphatic rings. The number of hydrogen-bond donors (Lipinski definition) is 2. The number of hydrogen-bond acceptors (Lipinski definition) is 5. The number of fused-ring (bicyclic) bond motifs is 1. The van der Waals surface area contributed by atoms with Gasteiger partial charge in [-0.25, -0.2) is 13.8 Å². The van der Waals surface area contributed by atoms with Crippen LogP contribution in [0.2, 0.25) is 0 Å². The van der Waals surface area contributed by atoms with Crippen LogP contribution in [0.4, 0.5) is 19.5 Å². The Hall–Kier alpha value is -2.52. The fourth-order valence-electron chi connectivity index (χ4n) is 4.26. The maximum Gasteiger partial charge on any atom is 0.268 e. The number of piperazine rings is 1. The lowest BCUT2D eigenvalue weighted by Crippen LogP contribution is -2.66. The van der Waals surface area contributed by atoms with Crippen LogP contribution in [-0.2, 0) is 0 Å². The van der Waals surface area contributed by atoms with E-state index in [1.807, 2.05) is 0 Å². The molecule has 1 saturated heterocycles. The molecule has 160 valence electrons.